The Bertz CT molecular complexity index is 554. The van der Waals surface area contributed by atoms with Crippen LogP contribution in [-0.2, 0) is 4.79 Å². The van der Waals surface area contributed by atoms with E-state index >= 15 is 0 Å². The molecule has 4 nitrogen and oxygen atoms in total. The number of aryl methyl sites for hydroxylation is 2. The maximum Gasteiger partial charge on any atom is 0.225 e. The van der Waals surface area contributed by atoms with E-state index in [1.54, 1.807) is 0 Å². The number of nitrogens with zero attached hydrogens (tertiary/aromatic N) is 1. The van der Waals surface area contributed by atoms with E-state index in [0.717, 1.165) is 50.3 Å². The Morgan fingerprint density at radius 2 is 2.04 bits per heavy atom. The number of nitrogens with one attached hydrogen (secondary N) is 1. The van der Waals surface area contributed by atoms with Gasteiger partial charge in [-0.15, -0.1) is 0 Å². The summed E-state index contributed by atoms with van der Waals surface area (Å²) in [5.41, 5.74) is 2.77. The Kier molecular flexibility index (Phi) is 4.90. The number of carbonyl (C=O) groups excluding carboxylic acids is 1. The number of hydrogen-bond acceptors (Lipinski definition) is 3. The van der Waals surface area contributed by atoms with E-state index in [1.165, 1.54) is 12.0 Å². The first kappa shape index (κ1) is 16.3. The SMILES string of the molecule is Cc1ccc(C)c(OCCC(=O)N2CCC3(CCNC3)CC2)c1. The van der Waals surface area contributed by atoms with Crippen LogP contribution < -0.4 is 10.1 Å². The van der Waals surface area contributed by atoms with Crippen LogP contribution >= 0.6 is 0 Å². The van der Waals surface area contributed by atoms with E-state index in [4.69, 9.17) is 4.74 Å². The maximum absolute atomic E-state index is 12.4. The van der Waals surface area contributed by atoms with Crippen molar-refractivity contribution in [1.29, 1.82) is 0 Å². The van der Waals surface area contributed by atoms with Crippen molar-refractivity contribution in [1.82, 2.24) is 10.2 Å². The Morgan fingerprint density at radius 1 is 1.26 bits per heavy atom. The molecular formula is C19H28N2O2. The molecule has 0 saturated carbocycles. The molecule has 3 rings (SSSR count). The van der Waals surface area contributed by atoms with E-state index < -0.39 is 0 Å². The molecule has 126 valence electrons. The van der Waals surface area contributed by atoms with E-state index in [0.29, 0.717) is 18.4 Å². The van der Waals surface area contributed by atoms with Crippen molar-refractivity contribution >= 4 is 5.91 Å². The Labute approximate surface area is 139 Å². The summed E-state index contributed by atoms with van der Waals surface area (Å²) in [6.45, 7) is 8.64. The minimum atomic E-state index is 0.233. The molecular weight excluding hydrogens is 288 g/mol. The molecule has 2 aliphatic heterocycles. The summed E-state index contributed by atoms with van der Waals surface area (Å²) in [6.07, 6.45) is 4.02. The summed E-state index contributed by atoms with van der Waals surface area (Å²) in [4.78, 5) is 14.4. The maximum atomic E-state index is 12.4. The molecule has 4 heteroatoms. The van der Waals surface area contributed by atoms with Gasteiger partial charge in [0.25, 0.3) is 0 Å². The number of carbonyl (C=O) groups is 1. The lowest BCUT2D eigenvalue weighted by Crippen LogP contribution is -2.44. The van der Waals surface area contributed by atoms with Crippen molar-refractivity contribution < 1.29 is 9.53 Å². The normalized spacial score (nSPS) is 20.0. The highest BCUT2D eigenvalue weighted by molar-refractivity contribution is 5.76. The molecule has 0 aliphatic carbocycles. The van der Waals surface area contributed by atoms with Crippen molar-refractivity contribution in [3.8, 4) is 5.75 Å². The van der Waals surface area contributed by atoms with Gasteiger partial charge in [0.1, 0.15) is 5.75 Å². The summed E-state index contributed by atoms with van der Waals surface area (Å²) in [5, 5.41) is 3.47. The molecule has 2 fully saturated rings. The van der Waals surface area contributed by atoms with Crippen molar-refractivity contribution in [2.45, 2.75) is 39.5 Å². The Morgan fingerprint density at radius 3 is 2.74 bits per heavy atom. The van der Waals surface area contributed by atoms with Crippen LogP contribution in [0.5, 0.6) is 5.75 Å². The van der Waals surface area contributed by atoms with Gasteiger partial charge in [-0.3, -0.25) is 4.79 Å². The highest BCUT2D eigenvalue weighted by Crippen LogP contribution is 2.36. The first-order valence-corrected chi connectivity index (χ1v) is 8.77. The molecule has 1 N–H and O–H groups in total. The Balaban J connectivity index is 1.44. The minimum Gasteiger partial charge on any atom is -0.493 e. The summed E-state index contributed by atoms with van der Waals surface area (Å²) < 4.78 is 5.81. The molecule has 0 atom stereocenters. The fourth-order valence-corrected chi connectivity index (χ4v) is 3.72. The average Bonchev–Trinajstić information content (AvgIpc) is 2.99. The zero-order valence-corrected chi connectivity index (χ0v) is 14.4. The first-order valence-electron chi connectivity index (χ1n) is 8.77. The number of benzene rings is 1. The van der Waals surface area contributed by atoms with Gasteiger partial charge in [-0.25, -0.2) is 0 Å². The third-order valence-corrected chi connectivity index (χ3v) is 5.43. The van der Waals surface area contributed by atoms with Gasteiger partial charge in [0.2, 0.25) is 5.91 Å². The average molecular weight is 316 g/mol. The predicted molar refractivity (Wildman–Crippen MR) is 91.8 cm³/mol. The number of hydrogen-bond donors (Lipinski definition) is 1. The smallest absolute Gasteiger partial charge is 0.225 e. The van der Waals surface area contributed by atoms with Crippen LogP contribution in [0.3, 0.4) is 0 Å². The molecule has 23 heavy (non-hydrogen) atoms. The summed E-state index contributed by atoms with van der Waals surface area (Å²) in [6, 6.07) is 6.18. The highest BCUT2D eigenvalue weighted by atomic mass is 16.5. The number of rotatable bonds is 4. The fourth-order valence-electron chi connectivity index (χ4n) is 3.72. The van der Waals surface area contributed by atoms with Gasteiger partial charge < -0.3 is 15.0 Å². The van der Waals surface area contributed by atoms with Crippen molar-refractivity contribution in [2.75, 3.05) is 32.8 Å². The van der Waals surface area contributed by atoms with Crippen LogP contribution in [0, 0.1) is 19.3 Å². The van der Waals surface area contributed by atoms with Gasteiger partial charge >= 0.3 is 0 Å². The van der Waals surface area contributed by atoms with Crippen molar-refractivity contribution in [3.63, 3.8) is 0 Å². The number of ether oxygens (including phenoxy) is 1. The molecule has 1 amide bonds. The molecule has 0 aromatic heterocycles. The lowest BCUT2D eigenvalue weighted by Gasteiger charge is -2.38. The van der Waals surface area contributed by atoms with E-state index in [1.807, 2.05) is 17.9 Å². The number of likely N-dealkylation sites (tertiary alicyclic amines) is 1. The van der Waals surface area contributed by atoms with E-state index in [2.05, 4.69) is 24.4 Å². The largest absolute Gasteiger partial charge is 0.493 e. The lowest BCUT2D eigenvalue weighted by atomic mass is 9.78. The van der Waals surface area contributed by atoms with Gasteiger partial charge in [-0.05, 0) is 62.3 Å². The van der Waals surface area contributed by atoms with Crippen LogP contribution in [0.4, 0.5) is 0 Å². The van der Waals surface area contributed by atoms with Crippen LogP contribution in [-0.4, -0.2) is 43.6 Å². The summed E-state index contributed by atoms with van der Waals surface area (Å²) in [5.74, 6) is 1.13. The van der Waals surface area contributed by atoms with Gasteiger partial charge in [0.15, 0.2) is 0 Å². The molecule has 2 aliphatic rings. The third kappa shape index (κ3) is 3.86. The molecule has 1 aromatic rings. The molecule has 1 aromatic carbocycles. The molecule has 0 unspecified atom stereocenters. The summed E-state index contributed by atoms with van der Waals surface area (Å²) in [7, 11) is 0. The Hall–Kier alpha value is -1.55. The van der Waals surface area contributed by atoms with Crippen LogP contribution in [0.25, 0.3) is 0 Å². The first-order chi connectivity index (χ1) is 11.1. The van der Waals surface area contributed by atoms with Crippen LogP contribution in [0.15, 0.2) is 18.2 Å². The van der Waals surface area contributed by atoms with Gasteiger partial charge in [0, 0.05) is 19.6 Å². The van der Waals surface area contributed by atoms with Gasteiger partial charge in [-0.2, -0.15) is 0 Å². The second-order valence-corrected chi connectivity index (χ2v) is 7.17. The molecule has 1 spiro atoms. The van der Waals surface area contributed by atoms with Crippen molar-refractivity contribution in [3.05, 3.63) is 29.3 Å². The van der Waals surface area contributed by atoms with Crippen molar-refractivity contribution in [2.24, 2.45) is 5.41 Å². The zero-order chi connectivity index (χ0) is 16.3. The zero-order valence-electron chi connectivity index (χ0n) is 14.4. The van der Waals surface area contributed by atoms with Crippen LogP contribution in [0.1, 0.15) is 36.8 Å². The molecule has 0 bridgehead atoms. The third-order valence-electron chi connectivity index (χ3n) is 5.43. The standard InChI is InChI=1S/C19H28N2O2/c1-15-3-4-16(2)17(13-15)23-12-5-18(22)21-10-7-19(8-11-21)6-9-20-14-19/h3-4,13,20H,5-12,14H2,1-2H3. The second-order valence-electron chi connectivity index (χ2n) is 7.17. The predicted octanol–water partition coefficient (Wildman–Crippen LogP) is 2.67. The van der Waals surface area contributed by atoms with Crippen LogP contribution in [0.2, 0.25) is 0 Å². The van der Waals surface area contributed by atoms with E-state index in [-0.39, 0.29) is 5.91 Å². The van der Waals surface area contributed by atoms with Gasteiger partial charge in [-0.1, -0.05) is 12.1 Å². The highest BCUT2D eigenvalue weighted by Gasteiger charge is 2.37. The molecule has 0 radical (unpaired) electrons. The molecule has 2 heterocycles. The molecule has 2 saturated heterocycles. The fraction of sp³-hybridized carbons (Fsp3) is 0.632. The van der Waals surface area contributed by atoms with Gasteiger partial charge in [0.05, 0.1) is 13.0 Å². The monoisotopic (exact) mass is 316 g/mol. The number of amides is 1. The second kappa shape index (κ2) is 6.91. The number of piperidine rings is 1. The topological polar surface area (TPSA) is 41.6 Å². The van der Waals surface area contributed by atoms with E-state index in [9.17, 15) is 4.79 Å². The summed E-state index contributed by atoms with van der Waals surface area (Å²) >= 11 is 0. The lowest BCUT2D eigenvalue weighted by molar-refractivity contribution is -0.133. The minimum absolute atomic E-state index is 0.233. The quantitative estimate of drug-likeness (QED) is 0.928.